The summed E-state index contributed by atoms with van der Waals surface area (Å²) in [6, 6.07) is 16.9. The molecule has 0 bridgehead atoms. The summed E-state index contributed by atoms with van der Waals surface area (Å²) in [6.07, 6.45) is 3.25. The maximum absolute atomic E-state index is 11.7. The van der Waals surface area contributed by atoms with Crippen LogP contribution in [-0.2, 0) is 18.0 Å². The van der Waals surface area contributed by atoms with Gasteiger partial charge in [0.25, 0.3) is 0 Å². The number of rotatable bonds is 10. The number of amides is 1. The van der Waals surface area contributed by atoms with Crippen molar-refractivity contribution in [2.24, 2.45) is 0 Å². The summed E-state index contributed by atoms with van der Waals surface area (Å²) < 4.78 is 21.9. The van der Waals surface area contributed by atoms with Crippen LogP contribution in [0.5, 0.6) is 17.2 Å². The van der Waals surface area contributed by atoms with E-state index in [2.05, 4.69) is 5.32 Å². The number of anilines is 1. The molecule has 0 aliphatic rings. The van der Waals surface area contributed by atoms with Crippen molar-refractivity contribution in [2.45, 2.75) is 40.1 Å². The molecule has 2 N–H and O–H groups in total. The molecule has 3 aromatic rings. The topological polar surface area (TPSA) is 86.3 Å². The molecule has 0 unspecified atom stereocenters. The van der Waals surface area contributed by atoms with Crippen LogP contribution in [0.25, 0.3) is 12.2 Å². The normalized spacial score (nSPS) is 11.0. The fourth-order valence-electron chi connectivity index (χ4n) is 3.57. The first-order valence-electron chi connectivity index (χ1n) is 11.7. The predicted molar refractivity (Wildman–Crippen MR) is 142 cm³/mol. The summed E-state index contributed by atoms with van der Waals surface area (Å²) in [5, 5.41) is 12.6. The number of benzene rings is 3. The molecule has 3 rings (SSSR count). The molecule has 0 saturated carbocycles. The lowest BCUT2D eigenvalue weighted by Crippen LogP contribution is -2.17. The lowest BCUT2D eigenvalue weighted by atomic mass is 10.1. The second-order valence-electron chi connectivity index (χ2n) is 8.47. The number of hydrogen-bond acceptors (Lipinski definition) is 6. The van der Waals surface area contributed by atoms with E-state index in [1.165, 1.54) is 0 Å². The van der Waals surface area contributed by atoms with Crippen molar-refractivity contribution >= 4 is 23.9 Å². The van der Waals surface area contributed by atoms with E-state index in [9.17, 15) is 9.90 Å². The minimum Gasteiger partial charge on any atom is -0.496 e. The first kappa shape index (κ1) is 26.6. The minimum atomic E-state index is -0.489. The zero-order chi connectivity index (χ0) is 26.1. The first-order valence-corrected chi connectivity index (χ1v) is 11.7. The molecule has 7 heteroatoms. The highest BCUT2D eigenvalue weighted by atomic mass is 16.6. The van der Waals surface area contributed by atoms with Crippen LogP contribution in [0.15, 0.2) is 54.6 Å². The van der Waals surface area contributed by atoms with Crippen molar-refractivity contribution < 1.29 is 28.8 Å². The Bertz CT molecular complexity index is 1180. The molecule has 0 heterocycles. The highest BCUT2D eigenvalue weighted by Gasteiger charge is 2.09. The molecule has 7 nitrogen and oxygen atoms in total. The van der Waals surface area contributed by atoms with Gasteiger partial charge in [-0.05, 0) is 73.9 Å². The second-order valence-corrected chi connectivity index (χ2v) is 8.47. The van der Waals surface area contributed by atoms with Crippen LogP contribution in [0, 0.1) is 6.92 Å². The molecule has 0 aliphatic carbocycles. The fourth-order valence-corrected chi connectivity index (χ4v) is 3.57. The van der Waals surface area contributed by atoms with Crippen LogP contribution in [0.1, 0.15) is 41.7 Å². The molecule has 36 heavy (non-hydrogen) atoms. The average Bonchev–Trinajstić information content (AvgIpc) is 2.87. The van der Waals surface area contributed by atoms with Gasteiger partial charge in [0.1, 0.15) is 23.9 Å². The van der Waals surface area contributed by atoms with Crippen LogP contribution in [0.2, 0.25) is 0 Å². The molecule has 0 atom stereocenters. The Kier molecular flexibility index (Phi) is 9.36. The number of aliphatic hydroxyl groups is 1. The summed E-state index contributed by atoms with van der Waals surface area (Å²) in [4.78, 5) is 11.7. The zero-order valence-corrected chi connectivity index (χ0v) is 21.3. The largest absolute Gasteiger partial charge is 0.496 e. The van der Waals surface area contributed by atoms with Crippen LogP contribution >= 0.6 is 0 Å². The van der Waals surface area contributed by atoms with E-state index in [1.54, 1.807) is 40.2 Å². The van der Waals surface area contributed by atoms with Crippen molar-refractivity contribution in [3.63, 3.8) is 0 Å². The number of nitrogens with one attached hydrogen (secondary N) is 1. The molecule has 0 radical (unpaired) electrons. The number of aliphatic hydroxyl groups excluding tert-OH is 1. The van der Waals surface area contributed by atoms with Gasteiger partial charge in [-0.2, -0.15) is 0 Å². The third-order valence-electron chi connectivity index (χ3n) is 5.44. The van der Waals surface area contributed by atoms with E-state index in [0.29, 0.717) is 23.6 Å². The molecule has 190 valence electrons. The van der Waals surface area contributed by atoms with E-state index < -0.39 is 6.09 Å². The highest BCUT2D eigenvalue weighted by Crippen LogP contribution is 2.30. The molecule has 3 aromatic carbocycles. The van der Waals surface area contributed by atoms with Gasteiger partial charge in [-0.15, -0.1) is 0 Å². The van der Waals surface area contributed by atoms with Crippen LogP contribution < -0.4 is 19.5 Å². The molecule has 0 fully saturated rings. The van der Waals surface area contributed by atoms with Gasteiger partial charge in [0.15, 0.2) is 0 Å². The molecule has 0 spiro atoms. The molecule has 1 amide bonds. The van der Waals surface area contributed by atoms with E-state index in [1.807, 2.05) is 61.5 Å². The first-order chi connectivity index (χ1) is 17.3. The predicted octanol–water partition coefficient (Wildman–Crippen LogP) is 6.21. The fraction of sp³-hybridized carbons (Fsp3) is 0.276. The quantitative estimate of drug-likeness (QED) is 0.328. The second kappa shape index (κ2) is 12.7. The molecule has 0 aromatic heterocycles. The summed E-state index contributed by atoms with van der Waals surface area (Å²) in [5.74, 6) is 2.12. The van der Waals surface area contributed by atoms with Gasteiger partial charge in [-0.1, -0.05) is 30.4 Å². The maximum atomic E-state index is 11.7. The minimum absolute atomic E-state index is 0.149. The SMILES string of the molecule is COc1cc(/C=C\c2ccc(OCc3ccc(NC(=O)OC(C)C)cc3)c(CO)c2)cc(OC)c1C. The standard InChI is InChI=1S/C29H33NO6/c1-19(2)36-29(32)30-25-11-8-22(9-12-25)18-35-26-13-10-21(14-24(26)17-31)6-7-23-15-27(33-4)20(3)28(16-23)34-5/h6-16,19,31H,17-18H2,1-5H3,(H,30,32)/b7-6-. The van der Waals surface area contributed by atoms with Gasteiger partial charge < -0.3 is 24.1 Å². The van der Waals surface area contributed by atoms with E-state index in [4.69, 9.17) is 18.9 Å². The Labute approximate surface area is 212 Å². The lowest BCUT2D eigenvalue weighted by molar-refractivity contribution is 0.130. The van der Waals surface area contributed by atoms with Crippen LogP contribution in [0.3, 0.4) is 0 Å². The van der Waals surface area contributed by atoms with Crippen molar-refractivity contribution in [3.05, 3.63) is 82.4 Å². The number of carbonyl (C=O) groups is 1. The van der Waals surface area contributed by atoms with E-state index >= 15 is 0 Å². The highest BCUT2D eigenvalue weighted by molar-refractivity contribution is 5.84. The van der Waals surface area contributed by atoms with Crippen molar-refractivity contribution in [1.29, 1.82) is 0 Å². The molecular weight excluding hydrogens is 458 g/mol. The summed E-state index contributed by atoms with van der Waals surface area (Å²) in [6.45, 7) is 5.71. The van der Waals surface area contributed by atoms with E-state index in [-0.39, 0.29) is 12.7 Å². The Balaban J connectivity index is 1.66. The number of methoxy groups -OCH3 is 2. The van der Waals surface area contributed by atoms with Crippen molar-refractivity contribution in [3.8, 4) is 17.2 Å². The van der Waals surface area contributed by atoms with Crippen molar-refractivity contribution in [2.75, 3.05) is 19.5 Å². The molecule has 0 saturated heterocycles. The van der Waals surface area contributed by atoms with Gasteiger partial charge in [0.05, 0.1) is 26.9 Å². The van der Waals surface area contributed by atoms with Crippen molar-refractivity contribution in [1.82, 2.24) is 0 Å². The molecule has 0 aliphatic heterocycles. The Morgan fingerprint density at radius 1 is 0.917 bits per heavy atom. The molecular formula is C29H33NO6. The summed E-state index contributed by atoms with van der Waals surface area (Å²) in [5.41, 5.74) is 5.06. The maximum Gasteiger partial charge on any atom is 0.411 e. The summed E-state index contributed by atoms with van der Waals surface area (Å²) in [7, 11) is 3.27. The smallest absolute Gasteiger partial charge is 0.411 e. The van der Waals surface area contributed by atoms with Gasteiger partial charge in [-0.25, -0.2) is 4.79 Å². The monoisotopic (exact) mass is 491 g/mol. The number of carbonyl (C=O) groups excluding carboxylic acids is 1. The average molecular weight is 492 g/mol. The Morgan fingerprint density at radius 2 is 1.56 bits per heavy atom. The number of ether oxygens (including phenoxy) is 4. The third kappa shape index (κ3) is 7.26. The van der Waals surface area contributed by atoms with Gasteiger partial charge in [-0.3, -0.25) is 5.32 Å². The third-order valence-corrected chi connectivity index (χ3v) is 5.44. The Hall–Kier alpha value is -3.97. The zero-order valence-electron chi connectivity index (χ0n) is 21.3. The van der Waals surface area contributed by atoms with Gasteiger partial charge >= 0.3 is 6.09 Å². The van der Waals surface area contributed by atoms with Crippen LogP contribution in [0.4, 0.5) is 10.5 Å². The van der Waals surface area contributed by atoms with E-state index in [0.717, 1.165) is 33.8 Å². The lowest BCUT2D eigenvalue weighted by Gasteiger charge is -2.12. The number of hydrogen-bond donors (Lipinski definition) is 2. The van der Waals surface area contributed by atoms with Gasteiger partial charge in [0.2, 0.25) is 0 Å². The Morgan fingerprint density at radius 3 is 2.14 bits per heavy atom. The van der Waals surface area contributed by atoms with Gasteiger partial charge in [0, 0.05) is 16.8 Å². The summed E-state index contributed by atoms with van der Waals surface area (Å²) >= 11 is 0. The van der Waals surface area contributed by atoms with Crippen LogP contribution in [-0.4, -0.2) is 31.5 Å².